The first-order chi connectivity index (χ1) is 12.8. The number of aryl methyl sites for hydroxylation is 1. The molecule has 0 aliphatic heterocycles. The molecule has 2 rings (SSSR count). The Morgan fingerprint density at radius 1 is 1.41 bits per heavy atom. The molecule has 27 heavy (non-hydrogen) atoms. The molecule has 0 atom stereocenters. The van der Waals surface area contributed by atoms with Crippen molar-refractivity contribution in [3.8, 4) is 5.75 Å². The van der Waals surface area contributed by atoms with Crippen molar-refractivity contribution >= 4 is 23.5 Å². The molecule has 0 saturated carbocycles. The Bertz CT molecular complexity index is 968. The van der Waals surface area contributed by atoms with Gasteiger partial charge in [0.1, 0.15) is 28.9 Å². The van der Waals surface area contributed by atoms with Crippen LogP contribution in [0.2, 0.25) is 5.02 Å². The quantitative estimate of drug-likeness (QED) is 0.681. The number of allylic oxidation sites excluding steroid dienone is 2. The zero-order valence-corrected chi connectivity index (χ0v) is 16.3. The highest BCUT2D eigenvalue weighted by molar-refractivity contribution is 6.31. The molecule has 0 radical (unpaired) electrons. The Kier molecular flexibility index (Phi) is 6.85. The average Bonchev–Trinajstić information content (AvgIpc) is 2.61. The predicted molar refractivity (Wildman–Crippen MR) is 103 cm³/mol. The summed E-state index contributed by atoms with van der Waals surface area (Å²) in [5.74, 6) is -1.50. The number of hydrogen-bond donors (Lipinski definition) is 0. The molecular weight excluding hydrogens is 376 g/mol. The number of rotatable bonds is 6. The third kappa shape index (κ3) is 4.60. The first-order valence-corrected chi connectivity index (χ1v) is 8.65. The maximum absolute atomic E-state index is 13.7. The summed E-state index contributed by atoms with van der Waals surface area (Å²) >= 11 is 6.20. The number of aliphatic imine (C=N–C) groups is 1. The lowest BCUT2D eigenvalue weighted by Crippen LogP contribution is -2.23. The van der Waals surface area contributed by atoms with E-state index in [-0.39, 0.29) is 23.1 Å². The second-order valence-electron chi connectivity index (χ2n) is 5.85. The van der Waals surface area contributed by atoms with Crippen LogP contribution >= 0.6 is 11.6 Å². The maximum Gasteiger partial charge on any atom is 0.277 e. The van der Waals surface area contributed by atoms with Gasteiger partial charge in [0, 0.05) is 36.8 Å². The minimum absolute atomic E-state index is 0.0848. The summed E-state index contributed by atoms with van der Waals surface area (Å²) in [6.07, 6.45) is 3.16. The summed E-state index contributed by atoms with van der Waals surface area (Å²) in [4.78, 5) is 20.4. The van der Waals surface area contributed by atoms with Crippen LogP contribution in [0.5, 0.6) is 5.75 Å². The zero-order valence-electron chi connectivity index (χ0n) is 15.5. The molecule has 2 heterocycles. The lowest BCUT2D eigenvalue weighted by Gasteiger charge is -2.17. The van der Waals surface area contributed by atoms with Crippen LogP contribution in [0.4, 0.5) is 8.78 Å². The summed E-state index contributed by atoms with van der Waals surface area (Å²) in [6.45, 7) is 5.24. The van der Waals surface area contributed by atoms with Crippen LogP contribution in [0, 0.1) is 18.6 Å². The van der Waals surface area contributed by atoms with E-state index in [0.717, 1.165) is 17.5 Å². The first kappa shape index (κ1) is 20.8. The van der Waals surface area contributed by atoms with Gasteiger partial charge >= 0.3 is 0 Å². The number of hydrogen-bond acceptors (Lipinski definition) is 4. The molecule has 0 amide bonds. The van der Waals surface area contributed by atoms with Gasteiger partial charge in [-0.05, 0) is 25.8 Å². The number of aromatic nitrogens is 2. The molecule has 2 aromatic heterocycles. The van der Waals surface area contributed by atoms with Crippen molar-refractivity contribution in [3.63, 3.8) is 0 Å². The summed E-state index contributed by atoms with van der Waals surface area (Å²) in [7, 11) is 1.65. The fourth-order valence-corrected chi connectivity index (χ4v) is 2.89. The Morgan fingerprint density at radius 2 is 2.11 bits per heavy atom. The van der Waals surface area contributed by atoms with Crippen LogP contribution < -0.4 is 10.3 Å². The Labute approximate surface area is 161 Å². The van der Waals surface area contributed by atoms with Crippen LogP contribution in [-0.2, 0) is 6.61 Å². The monoisotopic (exact) mass is 395 g/mol. The maximum atomic E-state index is 13.7. The van der Waals surface area contributed by atoms with Gasteiger partial charge in [0.05, 0.1) is 6.20 Å². The van der Waals surface area contributed by atoms with Crippen molar-refractivity contribution in [1.82, 2.24) is 9.55 Å². The smallest absolute Gasteiger partial charge is 0.277 e. The molecule has 0 N–H and O–H groups in total. The fraction of sp³-hybridized carbons (Fsp3) is 0.316. The highest BCUT2D eigenvalue weighted by Crippen LogP contribution is 2.26. The highest BCUT2D eigenvalue weighted by atomic mass is 35.5. The largest absolute Gasteiger partial charge is 0.485 e. The Morgan fingerprint density at radius 3 is 2.70 bits per heavy atom. The third-order valence-corrected chi connectivity index (χ3v) is 4.28. The van der Waals surface area contributed by atoms with E-state index in [4.69, 9.17) is 16.3 Å². The van der Waals surface area contributed by atoms with Gasteiger partial charge in [0.25, 0.3) is 5.56 Å². The molecule has 0 fully saturated rings. The molecule has 0 aliphatic carbocycles. The molecule has 0 unspecified atom stereocenters. The molecule has 0 aromatic carbocycles. The predicted octanol–water partition coefficient (Wildman–Crippen LogP) is 4.40. The lowest BCUT2D eigenvalue weighted by atomic mass is 10.2. The summed E-state index contributed by atoms with van der Waals surface area (Å²) in [5, 5.41) is -0.129. The first-order valence-electron chi connectivity index (χ1n) is 8.27. The van der Waals surface area contributed by atoms with Gasteiger partial charge in [-0.3, -0.25) is 19.3 Å². The number of pyridine rings is 2. The molecule has 0 saturated heterocycles. The second kappa shape index (κ2) is 8.90. The van der Waals surface area contributed by atoms with E-state index in [1.807, 2.05) is 13.8 Å². The average molecular weight is 396 g/mol. The minimum Gasteiger partial charge on any atom is -0.485 e. The van der Waals surface area contributed by atoms with E-state index in [1.165, 1.54) is 4.57 Å². The number of halogens is 3. The summed E-state index contributed by atoms with van der Waals surface area (Å²) in [6, 6.07) is 2.31. The Balaban J connectivity index is 2.42. The molecule has 0 aliphatic rings. The van der Waals surface area contributed by atoms with Gasteiger partial charge in [-0.15, -0.1) is 0 Å². The van der Waals surface area contributed by atoms with Gasteiger partial charge in [0.2, 0.25) is 0 Å². The van der Waals surface area contributed by atoms with Crippen molar-refractivity contribution < 1.29 is 13.5 Å². The van der Waals surface area contributed by atoms with Crippen molar-refractivity contribution in [2.45, 2.75) is 33.8 Å². The SMILES string of the molecule is CC/C(=C(/C)C=NC)n1c(C)cc(OCc2ncc(F)cc2F)c(Cl)c1=O. The summed E-state index contributed by atoms with van der Waals surface area (Å²) in [5.41, 5.74) is 1.68. The van der Waals surface area contributed by atoms with E-state index in [0.29, 0.717) is 18.2 Å². The molecule has 5 nitrogen and oxygen atoms in total. The fourth-order valence-electron chi connectivity index (χ4n) is 2.70. The third-order valence-electron chi connectivity index (χ3n) is 3.93. The van der Waals surface area contributed by atoms with E-state index in [1.54, 1.807) is 26.3 Å². The van der Waals surface area contributed by atoms with Crippen LogP contribution in [-0.4, -0.2) is 22.8 Å². The topological polar surface area (TPSA) is 56.5 Å². The lowest BCUT2D eigenvalue weighted by molar-refractivity contribution is 0.292. The molecular formula is C19H20ClF2N3O2. The normalized spacial score (nSPS) is 12.4. The van der Waals surface area contributed by atoms with E-state index >= 15 is 0 Å². The molecule has 0 spiro atoms. The van der Waals surface area contributed by atoms with Crippen LogP contribution in [0.15, 0.2) is 33.7 Å². The van der Waals surface area contributed by atoms with E-state index < -0.39 is 17.2 Å². The zero-order chi connectivity index (χ0) is 20.1. The van der Waals surface area contributed by atoms with Gasteiger partial charge in [-0.25, -0.2) is 8.78 Å². The summed E-state index contributed by atoms with van der Waals surface area (Å²) < 4.78 is 33.6. The number of nitrogens with zero attached hydrogens (tertiary/aromatic N) is 3. The standard InChI is InChI=1S/C19H20ClF2N3O2/c1-5-16(11(2)8-23-4)25-12(3)6-17(18(20)19(25)26)27-10-15-14(22)7-13(21)9-24-15/h6-9H,5,10H2,1-4H3/b16-11+,23-8?. The molecule has 0 bridgehead atoms. The Hall–Kier alpha value is -2.54. The van der Waals surface area contributed by atoms with Gasteiger partial charge in [-0.2, -0.15) is 0 Å². The highest BCUT2D eigenvalue weighted by Gasteiger charge is 2.16. The van der Waals surface area contributed by atoms with Crippen molar-refractivity contribution in [2.75, 3.05) is 7.05 Å². The van der Waals surface area contributed by atoms with E-state index in [2.05, 4.69) is 9.98 Å². The van der Waals surface area contributed by atoms with Crippen LogP contribution in [0.1, 0.15) is 31.7 Å². The van der Waals surface area contributed by atoms with Crippen molar-refractivity contribution in [1.29, 1.82) is 0 Å². The van der Waals surface area contributed by atoms with E-state index in [9.17, 15) is 13.6 Å². The molecule has 8 heteroatoms. The van der Waals surface area contributed by atoms with Gasteiger partial charge < -0.3 is 4.74 Å². The van der Waals surface area contributed by atoms with Gasteiger partial charge in [-0.1, -0.05) is 18.5 Å². The van der Waals surface area contributed by atoms with Gasteiger partial charge in [0.15, 0.2) is 5.82 Å². The minimum atomic E-state index is -0.832. The van der Waals surface area contributed by atoms with Crippen LogP contribution in [0.3, 0.4) is 0 Å². The van der Waals surface area contributed by atoms with Crippen LogP contribution in [0.25, 0.3) is 5.70 Å². The number of ether oxygens (including phenoxy) is 1. The molecule has 144 valence electrons. The molecule has 2 aromatic rings. The van der Waals surface area contributed by atoms with Crippen molar-refractivity contribution in [3.05, 3.63) is 62.3 Å². The van der Waals surface area contributed by atoms with Crippen molar-refractivity contribution in [2.24, 2.45) is 4.99 Å². The second-order valence-corrected chi connectivity index (χ2v) is 6.22.